The molecule has 7 heteroatoms. The molecule has 0 fully saturated rings. The van der Waals surface area contributed by atoms with Gasteiger partial charge in [0.05, 0.1) is 13.2 Å². The number of phosphoric ester groups is 1. The lowest BCUT2D eigenvalue weighted by Gasteiger charge is -2.07. The molecule has 0 bridgehead atoms. The van der Waals surface area contributed by atoms with Gasteiger partial charge in [0.15, 0.2) is 0 Å². The topological polar surface area (TPSA) is 93.1 Å². The maximum atomic E-state index is 10.5. The third kappa shape index (κ3) is 13.3. The highest BCUT2D eigenvalue weighted by atomic mass is 31.2. The number of hydrogen-bond donors (Lipinski definition) is 2. The van der Waals surface area contributed by atoms with Crippen LogP contribution in [0.3, 0.4) is 0 Å². The molecule has 0 aromatic heterocycles. The van der Waals surface area contributed by atoms with Crippen molar-refractivity contribution in [2.75, 3.05) is 13.2 Å². The van der Waals surface area contributed by atoms with Crippen molar-refractivity contribution in [1.82, 2.24) is 0 Å². The van der Waals surface area contributed by atoms with E-state index in [0.29, 0.717) is 12.0 Å². The first kappa shape index (κ1) is 18.7. The van der Waals surface area contributed by atoms with Crippen LogP contribution in [0, 0.1) is 0 Å². The molecule has 0 aliphatic carbocycles. The fourth-order valence-corrected chi connectivity index (χ4v) is 1.50. The first-order chi connectivity index (χ1) is 7.80. The van der Waals surface area contributed by atoms with E-state index in [1.807, 2.05) is 6.92 Å². The van der Waals surface area contributed by atoms with Crippen LogP contribution >= 0.6 is 7.82 Å². The van der Waals surface area contributed by atoms with E-state index in [9.17, 15) is 9.36 Å². The summed E-state index contributed by atoms with van der Waals surface area (Å²) in [5, 5.41) is 8.21. The van der Waals surface area contributed by atoms with Crippen LogP contribution in [0.1, 0.15) is 33.6 Å². The number of phosphoric acid groups is 1. The zero-order valence-electron chi connectivity index (χ0n) is 10.5. The quantitative estimate of drug-likeness (QED) is 0.544. The summed E-state index contributed by atoms with van der Waals surface area (Å²) in [4.78, 5) is 18.6. The van der Waals surface area contributed by atoms with Gasteiger partial charge >= 0.3 is 13.8 Å². The van der Waals surface area contributed by atoms with Crippen LogP contribution in [-0.2, 0) is 18.4 Å². The van der Waals surface area contributed by atoms with Gasteiger partial charge < -0.3 is 10.00 Å². The van der Waals surface area contributed by atoms with E-state index in [-0.39, 0.29) is 13.2 Å². The molecule has 0 saturated carbocycles. The number of carbonyl (C=O) groups is 1. The Balaban J connectivity index is 0. The lowest BCUT2D eigenvalue weighted by atomic mass is 10.2. The molecule has 0 atom stereocenters. The van der Waals surface area contributed by atoms with Gasteiger partial charge in [-0.05, 0) is 20.3 Å². The third-order valence-electron chi connectivity index (χ3n) is 1.44. The number of carboxylic acids is 1. The minimum Gasteiger partial charge on any atom is -0.478 e. The molecule has 0 aliphatic rings. The van der Waals surface area contributed by atoms with Crippen LogP contribution in [0.5, 0.6) is 0 Å². The average molecular weight is 268 g/mol. The number of rotatable bonds is 7. The Morgan fingerprint density at radius 2 is 1.65 bits per heavy atom. The fraction of sp³-hybridized carbons (Fsp3) is 0.700. The molecule has 6 nitrogen and oxygen atoms in total. The standard InChI is InChI=1S/C6H10O2.C4H11O4P/c1-3-4-5(2)6(7)8;1-3-7-9(5,6)8-4-2/h2-4H2,1H3,(H,7,8);3-4H2,1-2H3,(H,5,6). The highest BCUT2D eigenvalue weighted by Gasteiger charge is 2.17. The Kier molecular flexibility index (Phi) is 11.5. The summed E-state index contributed by atoms with van der Waals surface area (Å²) in [6.45, 7) is 8.90. The SMILES string of the molecule is C=C(CCC)C(=O)O.CCOP(=O)(O)OCC. The van der Waals surface area contributed by atoms with Crippen LogP contribution < -0.4 is 0 Å². The molecule has 0 unspecified atom stereocenters. The fourth-order valence-electron chi connectivity index (χ4n) is 0.772. The number of hydrogen-bond acceptors (Lipinski definition) is 4. The highest BCUT2D eigenvalue weighted by Crippen LogP contribution is 2.42. The molecule has 0 heterocycles. The van der Waals surface area contributed by atoms with Crippen molar-refractivity contribution in [3.05, 3.63) is 12.2 Å². The van der Waals surface area contributed by atoms with E-state index in [0.717, 1.165) is 6.42 Å². The second-order valence-corrected chi connectivity index (χ2v) is 4.42. The van der Waals surface area contributed by atoms with Crippen LogP contribution in [-0.4, -0.2) is 29.2 Å². The van der Waals surface area contributed by atoms with E-state index in [1.54, 1.807) is 13.8 Å². The Hall–Kier alpha value is -0.680. The van der Waals surface area contributed by atoms with Crippen molar-refractivity contribution in [3.63, 3.8) is 0 Å². The number of aliphatic carboxylic acids is 1. The van der Waals surface area contributed by atoms with E-state index >= 15 is 0 Å². The summed E-state index contributed by atoms with van der Waals surface area (Å²) in [5.41, 5.74) is 0.299. The summed E-state index contributed by atoms with van der Waals surface area (Å²) in [6, 6.07) is 0. The predicted molar refractivity (Wildman–Crippen MR) is 64.8 cm³/mol. The first-order valence-electron chi connectivity index (χ1n) is 5.33. The highest BCUT2D eigenvalue weighted by molar-refractivity contribution is 7.47. The Morgan fingerprint density at radius 3 is 1.82 bits per heavy atom. The van der Waals surface area contributed by atoms with Gasteiger partial charge in [-0.15, -0.1) is 0 Å². The molecule has 102 valence electrons. The Morgan fingerprint density at radius 1 is 1.24 bits per heavy atom. The van der Waals surface area contributed by atoms with Crippen molar-refractivity contribution in [3.8, 4) is 0 Å². The molecular weight excluding hydrogens is 247 g/mol. The Bertz CT molecular complexity index is 266. The molecule has 0 radical (unpaired) electrons. The second kappa shape index (κ2) is 10.5. The molecule has 2 N–H and O–H groups in total. The average Bonchev–Trinajstić information content (AvgIpc) is 2.18. The molecule has 0 rings (SSSR count). The van der Waals surface area contributed by atoms with Crippen molar-refractivity contribution >= 4 is 13.8 Å². The van der Waals surface area contributed by atoms with E-state index in [4.69, 9.17) is 10.00 Å². The smallest absolute Gasteiger partial charge is 0.472 e. The molecular formula is C10H21O6P. The summed E-state index contributed by atoms with van der Waals surface area (Å²) < 4.78 is 19.2. The van der Waals surface area contributed by atoms with Gasteiger partial charge in [-0.3, -0.25) is 9.05 Å². The van der Waals surface area contributed by atoms with Crippen LogP contribution in [0.4, 0.5) is 0 Å². The van der Waals surface area contributed by atoms with Gasteiger partial charge in [0, 0.05) is 5.57 Å². The summed E-state index contributed by atoms with van der Waals surface area (Å²) >= 11 is 0. The molecule has 0 aliphatic heterocycles. The maximum Gasteiger partial charge on any atom is 0.472 e. The summed E-state index contributed by atoms with van der Waals surface area (Å²) in [7, 11) is -3.69. The molecule has 0 amide bonds. The van der Waals surface area contributed by atoms with E-state index in [2.05, 4.69) is 15.6 Å². The van der Waals surface area contributed by atoms with Gasteiger partial charge in [0.2, 0.25) is 0 Å². The largest absolute Gasteiger partial charge is 0.478 e. The summed E-state index contributed by atoms with van der Waals surface area (Å²) in [5.74, 6) is -0.883. The molecule has 0 saturated heterocycles. The first-order valence-corrected chi connectivity index (χ1v) is 6.83. The van der Waals surface area contributed by atoms with Gasteiger partial charge in [0.1, 0.15) is 0 Å². The molecule has 0 aromatic carbocycles. The minimum absolute atomic E-state index is 0.188. The lowest BCUT2D eigenvalue weighted by Crippen LogP contribution is -1.97. The zero-order valence-corrected chi connectivity index (χ0v) is 11.4. The van der Waals surface area contributed by atoms with Crippen molar-refractivity contribution in [2.45, 2.75) is 33.6 Å². The van der Waals surface area contributed by atoms with E-state index < -0.39 is 13.8 Å². The van der Waals surface area contributed by atoms with Crippen molar-refractivity contribution in [2.24, 2.45) is 0 Å². The van der Waals surface area contributed by atoms with Crippen LogP contribution in [0.2, 0.25) is 0 Å². The van der Waals surface area contributed by atoms with Crippen LogP contribution in [0.25, 0.3) is 0 Å². The lowest BCUT2D eigenvalue weighted by molar-refractivity contribution is -0.132. The van der Waals surface area contributed by atoms with Gasteiger partial charge in [0.25, 0.3) is 0 Å². The van der Waals surface area contributed by atoms with Crippen molar-refractivity contribution < 1.29 is 28.4 Å². The van der Waals surface area contributed by atoms with Crippen LogP contribution in [0.15, 0.2) is 12.2 Å². The van der Waals surface area contributed by atoms with Gasteiger partial charge in [-0.25, -0.2) is 9.36 Å². The predicted octanol–water partition coefficient (Wildman–Crippen LogP) is 2.59. The Labute approximate surface area is 102 Å². The molecule has 0 aromatic rings. The zero-order chi connectivity index (χ0) is 13.9. The molecule has 0 spiro atoms. The second-order valence-electron chi connectivity index (χ2n) is 2.96. The van der Waals surface area contributed by atoms with E-state index in [1.165, 1.54) is 0 Å². The van der Waals surface area contributed by atoms with Crippen molar-refractivity contribution in [1.29, 1.82) is 0 Å². The van der Waals surface area contributed by atoms with Gasteiger partial charge in [-0.2, -0.15) is 0 Å². The number of carboxylic acid groups (broad SMARTS) is 1. The summed E-state index contributed by atoms with van der Waals surface area (Å²) in [6.07, 6.45) is 1.44. The van der Waals surface area contributed by atoms with Gasteiger partial charge in [-0.1, -0.05) is 19.9 Å². The molecule has 17 heavy (non-hydrogen) atoms. The monoisotopic (exact) mass is 268 g/mol. The normalized spacial score (nSPS) is 10.4. The third-order valence-corrected chi connectivity index (χ3v) is 2.61. The minimum atomic E-state index is -3.69. The maximum absolute atomic E-state index is 10.5.